The Bertz CT molecular complexity index is 924. The molecule has 4 nitrogen and oxygen atoms in total. The number of nitrogens with one attached hydrogen (secondary N) is 1. The second-order valence-electron chi connectivity index (χ2n) is 6.76. The predicted octanol–water partition coefficient (Wildman–Crippen LogP) is 4.53. The van der Waals surface area contributed by atoms with E-state index in [9.17, 15) is 9.59 Å². The molecule has 0 bridgehead atoms. The first-order valence-corrected chi connectivity index (χ1v) is 9.35. The van der Waals surface area contributed by atoms with Crippen molar-refractivity contribution < 1.29 is 9.59 Å². The molecular weight excluding hydrogens is 348 g/mol. The number of benzene rings is 3. The maximum Gasteiger partial charge on any atom is 0.253 e. The first kappa shape index (κ1) is 19.4. The van der Waals surface area contributed by atoms with Crippen molar-refractivity contribution in [1.29, 1.82) is 0 Å². The fraction of sp³-hybridized carbons (Fsp3) is 0.167. The number of aryl methyl sites for hydroxylation is 1. The number of nitrogens with zero attached hydrogens (tertiary/aromatic N) is 1. The maximum absolute atomic E-state index is 12.7. The Labute approximate surface area is 165 Å². The van der Waals surface area contributed by atoms with Crippen molar-refractivity contribution in [3.8, 4) is 0 Å². The summed E-state index contributed by atoms with van der Waals surface area (Å²) in [7, 11) is 1.78. The van der Waals surface area contributed by atoms with Crippen LogP contribution in [0, 0.1) is 0 Å². The predicted molar refractivity (Wildman–Crippen MR) is 112 cm³/mol. The number of amides is 2. The number of carbonyl (C=O) groups is 2. The fourth-order valence-corrected chi connectivity index (χ4v) is 3.01. The van der Waals surface area contributed by atoms with E-state index in [1.54, 1.807) is 36.2 Å². The lowest BCUT2D eigenvalue weighted by molar-refractivity contribution is -0.116. The van der Waals surface area contributed by atoms with E-state index in [0.29, 0.717) is 30.6 Å². The van der Waals surface area contributed by atoms with E-state index in [1.165, 1.54) is 0 Å². The van der Waals surface area contributed by atoms with E-state index in [-0.39, 0.29) is 11.8 Å². The zero-order valence-electron chi connectivity index (χ0n) is 16.0. The molecule has 142 valence electrons. The third kappa shape index (κ3) is 5.55. The van der Waals surface area contributed by atoms with Crippen LogP contribution in [0.4, 0.5) is 5.69 Å². The third-order valence-corrected chi connectivity index (χ3v) is 4.49. The topological polar surface area (TPSA) is 49.4 Å². The number of hydrogen-bond donors (Lipinski definition) is 1. The summed E-state index contributed by atoms with van der Waals surface area (Å²) in [5.74, 6) is -0.143. The average molecular weight is 372 g/mol. The molecule has 0 aromatic heterocycles. The molecule has 0 saturated heterocycles. The monoisotopic (exact) mass is 372 g/mol. The van der Waals surface area contributed by atoms with Crippen LogP contribution in [0.25, 0.3) is 0 Å². The molecule has 1 N–H and O–H groups in total. The molecule has 3 aromatic carbocycles. The molecule has 0 unspecified atom stereocenters. The number of anilines is 1. The average Bonchev–Trinajstić information content (AvgIpc) is 2.73. The van der Waals surface area contributed by atoms with Gasteiger partial charge in [0.2, 0.25) is 5.91 Å². The molecule has 0 aliphatic heterocycles. The summed E-state index contributed by atoms with van der Waals surface area (Å²) in [4.78, 5) is 26.6. The highest BCUT2D eigenvalue weighted by Gasteiger charge is 2.13. The SMILES string of the molecule is CN(Cc1ccccc1)C(=O)c1cccc(NC(=O)CCc2ccccc2)c1. The molecule has 0 saturated carbocycles. The molecule has 0 heterocycles. The molecule has 0 fully saturated rings. The van der Waals surface area contributed by atoms with Crippen molar-refractivity contribution in [2.75, 3.05) is 12.4 Å². The molecule has 2 amide bonds. The van der Waals surface area contributed by atoms with Crippen LogP contribution in [-0.4, -0.2) is 23.8 Å². The third-order valence-electron chi connectivity index (χ3n) is 4.49. The molecule has 0 radical (unpaired) electrons. The van der Waals surface area contributed by atoms with Gasteiger partial charge in [-0.1, -0.05) is 66.7 Å². The summed E-state index contributed by atoms with van der Waals surface area (Å²) in [6.07, 6.45) is 1.08. The van der Waals surface area contributed by atoms with E-state index < -0.39 is 0 Å². The Hall–Kier alpha value is -3.40. The lowest BCUT2D eigenvalue weighted by Crippen LogP contribution is -2.26. The van der Waals surface area contributed by atoms with Gasteiger partial charge in [0.1, 0.15) is 0 Å². The number of rotatable bonds is 7. The van der Waals surface area contributed by atoms with Gasteiger partial charge in [-0.3, -0.25) is 9.59 Å². The molecule has 4 heteroatoms. The minimum absolute atomic E-state index is 0.0638. The minimum Gasteiger partial charge on any atom is -0.337 e. The fourth-order valence-electron chi connectivity index (χ4n) is 3.01. The van der Waals surface area contributed by atoms with E-state index >= 15 is 0 Å². The van der Waals surface area contributed by atoms with Gasteiger partial charge in [-0.2, -0.15) is 0 Å². The van der Waals surface area contributed by atoms with Crippen molar-refractivity contribution >= 4 is 17.5 Å². The van der Waals surface area contributed by atoms with Crippen LogP contribution in [0.15, 0.2) is 84.9 Å². The van der Waals surface area contributed by atoms with Crippen LogP contribution in [0.1, 0.15) is 27.9 Å². The van der Waals surface area contributed by atoms with Gasteiger partial charge in [-0.15, -0.1) is 0 Å². The summed E-state index contributed by atoms with van der Waals surface area (Å²) in [5, 5.41) is 2.89. The molecule has 28 heavy (non-hydrogen) atoms. The Morgan fingerprint density at radius 2 is 1.46 bits per heavy atom. The highest BCUT2D eigenvalue weighted by atomic mass is 16.2. The van der Waals surface area contributed by atoms with Gasteiger partial charge < -0.3 is 10.2 Å². The van der Waals surface area contributed by atoms with E-state index in [0.717, 1.165) is 11.1 Å². The smallest absolute Gasteiger partial charge is 0.253 e. The van der Waals surface area contributed by atoms with Crippen molar-refractivity contribution in [3.05, 3.63) is 102 Å². The molecule has 0 spiro atoms. The van der Waals surface area contributed by atoms with E-state index in [4.69, 9.17) is 0 Å². The summed E-state index contributed by atoms with van der Waals surface area (Å²) >= 11 is 0. The summed E-state index contributed by atoms with van der Waals surface area (Å²) in [6, 6.07) is 26.8. The standard InChI is InChI=1S/C24H24N2O2/c1-26(18-20-11-6-3-7-12-20)24(28)21-13-8-14-22(17-21)25-23(27)16-15-19-9-4-2-5-10-19/h2-14,17H,15-16,18H2,1H3,(H,25,27). The van der Waals surface area contributed by atoms with Gasteiger partial charge in [0.25, 0.3) is 5.91 Å². The molecule has 3 aromatic rings. The van der Waals surface area contributed by atoms with Gasteiger partial charge >= 0.3 is 0 Å². The number of carbonyl (C=O) groups excluding carboxylic acids is 2. The van der Waals surface area contributed by atoms with Crippen LogP contribution in [-0.2, 0) is 17.8 Å². The zero-order chi connectivity index (χ0) is 19.8. The van der Waals surface area contributed by atoms with Gasteiger partial charge in [-0.05, 0) is 35.7 Å². The van der Waals surface area contributed by atoms with Crippen LogP contribution in [0.2, 0.25) is 0 Å². The van der Waals surface area contributed by atoms with Crippen LogP contribution in [0.5, 0.6) is 0 Å². The van der Waals surface area contributed by atoms with Crippen molar-refractivity contribution in [2.45, 2.75) is 19.4 Å². The molecule has 0 atom stereocenters. The quantitative estimate of drug-likeness (QED) is 0.662. The Morgan fingerprint density at radius 3 is 2.14 bits per heavy atom. The van der Waals surface area contributed by atoms with Gasteiger partial charge in [0.15, 0.2) is 0 Å². The van der Waals surface area contributed by atoms with E-state index in [1.807, 2.05) is 60.7 Å². The Morgan fingerprint density at radius 1 is 0.821 bits per heavy atom. The normalized spacial score (nSPS) is 10.3. The summed E-state index contributed by atoms with van der Waals surface area (Å²) in [6.45, 7) is 0.535. The Kier molecular flexibility index (Phi) is 6.58. The van der Waals surface area contributed by atoms with Crippen molar-refractivity contribution in [1.82, 2.24) is 4.90 Å². The first-order valence-electron chi connectivity index (χ1n) is 9.35. The molecule has 3 rings (SSSR count). The van der Waals surface area contributed by atoms with Crippen LogP contribution < -0.4 is 5.32 Å². The lowest BCUT2D eigenvalue weighted by atomic mass is 10.1. The molecule has 0 aliphatic rings. The van der Waals surface area contributed by atoms with Gasteiger partial charge in [0, 0.05) is 31.3 Å². The van der Waals surface area contributed by atoms with E-state index in [2.05, 4.69) is 5.32 Å². The summed E-state index contributed by atoms with van der Waals surface area (Å²) in [5.41, 5.74) is 3.39. The second kappa shape index (κ2) is 9.51. The van der Waals surface area contributed by atoms with Gasteiger partial charge in [-0.25, -0.2) is 0 Å². The number of hydrogen-bond acceptors (Lipinski definition) is 2. The minimum atomic E-state index is -0.0794. The largest absolute Gasteiger partial charge is 0.337 e. The highest BCUT2D eigenvalue weighted by molar-refractivity contribution is 5.97. The molecular formula is C24H24N2O2. The lowest BCUT2D eigenvalue weighted by Gasteiger charge is -2.18. The Balaban J connectivity index is 1.58. The highest BCUT2D eigenvalue weighted by Crippen LogP contribution is 2.15. The van der Waals surface area contributed by atoms with Crippen LogP contribution in [0.3, 0.4) is 0 Å². The van der Waals surface area contributed by atoms with Gasteiger partial charge in [0.05, 0.1) is 0 Å². The maximum atomic E-state index is 12.7. The van der Waals surface area contributed by atoms with Crippen molar-refractivity contribution in [2.24, 2.45) is 0 Å². The zero-order valence-corrected chi connectivity index (χ0v) is 16.0. The van der Waals surface area contributed by atoms with Crippen LogP contribution >= 0.6 is 0 Å². The first-order chi connectivity index (χ1) is 13.6. The molecule has 0 aliphatic carbocycles. The second-order valence-corrected chi connectivity index (χ2v) is 6.76. The van der Waals surface area contributed by atoms with Crippen molar-refractivity contribution in [3.63, 3.8) is 0 Å². The summed E-state index contributed by atoms with van der Waals surface area (Å²) < 4.78 is 0.